The van der Waals surface area contributed by atoms with Gasteiger partial charge in [0.05, 0.1) is 12.8 Å². The molecule has 1 aromatic heterocycles. The minimum Gasteiger partial charge on any atom is -0.462 e. The molecule has 0 aromatic carbocycles. The highest BCUT2D eigenvalue weighted by molar-refractivity contribution is 7.89. The summed E-state index contributed by atoms with van der Waals surface area (Å²) < 4.78 is 31.6. The van der Waals surface area contributed by atoms with Crippen molar-refractivity contribution in [1.82, 2.24) is 14.5 Å². The van der Waals surface area contributed by atoms with E-state index in [1.165, 1.54) is 10.5 Å². The van der Waals surface area contributed by atoms with Gasteiger partial charge in [0.1, 0.15) is 5.56 Å². The molecule has 0 bridgehead atoms. The molecule has 0 amide bonds. The van der Waals surface area contributed by atoms with Gasteiger partial charge in [-0.05, 0) is 33.6 Å². The van der Waals surface area contributed by atoms with Crippen molar-refractivity contribution in [2.45, 2.75) is 44.2 Å². The van der Waals surface area contributed by atoms with Gasteiger partial charge >= 0.3 is 5.97 Å². The van der Waals surface area contributed by atoms with Gasteiger partial charge in [-0.2, -0.15) is 9.40 Å². The summed E-state index contributed by atoms with van der Waals surface area (Å²) in [7, 11) is -3.78. The maximum atomic E-state index is 12.7. The first-order valence-electron chi connectivity index (χ1n) is 6.54. The summed E-state index contributed by atoms with van der Waals surface area (Å²) in [5.74, 6) is -0.683. The first-order valence-corrected chi connectivity index (χ1v) is 7.98. The maximum absolute atomic E-state index is 12.7. The molecule has 0 saturated carbocycles. The number of hydrogen-bond acceptors (Lipinski definition) is 5. The number of nitrogens with one attached hydrogen (secondary N) is 1. The van der Waals surface area contributed by atoms with Crippen molar-refractivity contribution in [2.75, 3.05) is 13.2 Å². The highest BCUT2D eigenvalue weighted by atomic mass is 32.2. The van der Waals surface area contributed by atoms with Crippen molar-refractivity contribution in [1.29, 1.82) is 0 Å². The first kappa shape index (κ1) is 15.0. The fourth-order valence-corrected chi connectivity index (χ4v) is 4.38. The molecule has 1 saturated heterocycles. The molecule has 2 heterocycles. The Kier molecular flexibility index (Phi) is 3.88. The van der Waals surface area contributed by atoms with Gasteiger partial charge in [-0.3, -0.25) is 5.10 Å². The van der Waals surface area contributed by atoms with E-state index in [1.54, 1.807) is 6.92 Å². The van der Waals surface area contributed by atoms with Crippen LogP contribution in [0, 0.1) is 0 Å². The molecule has 0 spiro atoms. The van der Waals surface area contributed by atoms with Crippen LogP contribution in [0.25, 0.3) is 0 Å². The largest absolute Gasteiger partial charge is 0.462 e. The Bertz CT molecular complexity index is 606. The van der Waals surface area contributed by atoms with Gasteiger partial charge in [0.25, 0.3) is 10.0 Å². The number of ether oxygens (including phenoxy) is 1. The molecule has 1 aliphatic rings. The van der Waals surface area contributed by atoms with E-state index in [2.05, 4.69) is 10.2 Å². The average molecular weight is 301 g/mol. The van der Waals surface area contributed by atoms with Crippen LogP contribution in [0.2, 0.25) is 0 Å². The van der Waals surface area contributed by atoms with Crippen LogP contribution in [0.4, 0.5) is 0 Å². The number of H-pyrrole nitrogens is 1. The third kappa shape index (κ3) is 2.45. The second kappa shape index (κ2) is 5.17. The van der Waals surface area contributed by atoms with Crippen molar-refractivity contribution in [3.63, 3.8) is 0 Å². The van der Waals surface area contributed by atoms with Gasteiger partial charge < -0.3 is 4.74 Å². The lowest BCUT2D eigenvalue weighted by molar-refractivity contribution is 0.0521. The SMILES string of the molecule is CCOC(=O)c1cn[nH]c1S(=O)(=O)N1CCCC1(C)C. The molecule has 112 valence electrons. The van der Waals surface area contributed by atoms with Crippen LogP contribution >= 0.6 is 0 Å². The summed E-state index contributed by atoms with van der Waals surface area (Å²) in [6, 6.07) is 0. The van der Waals surface area contributed by atoms with Crippen molar-refractivity contribution in [3.8, 4) is 0 Å². The summed E-state index contributed by atoms with van der Waals surface area (Å²) in [5.41, 5.74) is -0.509. The number of rotatable bonds is 4. The van der Waals surface area contributed by atoms with Gasteiger partial charge in [-0.25, -0.2) is 13.2 Å². The molecule has 8 heteroatoms. The number of nitrogens with zero attached hydrogens (tertiary/aromatic N) is 2. The number of hydrogen-bond donors (Lipinski definition) is 1. The summed E-state index contributed by atoms with van der Waals surface area (Å²) in [5, 5.41) is 5.91. The van der Waals surface area contributed by atoms with Crippen molar-refractivity contribution in [3.05, 3.63) is 11.8 Å². The van der Waals surface area contributed by atoms with E-state index < -0.39 is 21.5 Å². The average Bonchev–Trinajstić information content (AvgIpc) is 2.95. The van der Waals surface area contributed by atoms with Gasteiger partial charge in [0, 0.05) is 12.1 Å². The zero-order valence-electron chi connectivity index (χ0n) is 11.8. The Hall–Kier alpha value is -1.41. The molecule has 1 aromatic rings. The minimum absolute atomic E-state index is 0.0467. The Labute approximate surface area is 118 Å². The van der Waals surface area contributed by atoms with Crippen LogP contribution in [-0.2, 0) is 14.8 Å². The summed E-state index contributed by atoms with van der Waals surface area (Å²) in [6.07, 6.45) is 2.78. The molecule has 2 rings (SSSR count). The summed E-state index contributed by atoms with van der Waals surface area (Å²) in [4.78, 5) is 11.8. The monoisotopic (exact) mass is 301 g/mol. The highest BCUT2D eigenvalue weighted by Gasteiger charge is 2.43. The lowest BCUT2D eigenvalue weighted by Crippen LogP contribution is -2.43. The molecular weight excluding hydrogens is 282 g/mol. The fourth-order valence-electron chi connectivity index (χ4n) is 2.46. The molecule has 7 nitrogen and oxygen atoms in total. The van der Waals surface area contributed by atoms with Crippen molar-refractivity contribution in [2.24, 2.45) is 0 Å². The van der Waals surface area contributed by atoms with Crippen LogP contribution in [0.1, 0.15) is 44.0 Å². The van der Waals surface area contributed by atoms with E-state index in [9.17, 15) is 13.2 Å². The van der Waals surface area contributed by atoms with Gasteiger partial charge in [0.15, 0.2) is 5.03 Å². The third-order valence-corrected chi connectivity index (χ3v) is 5.56. The summed E-state index contributed by atoms with van der Waals surface area (Å²) >= 11 is 0. The predicted octanol–water partition coefficient (Wildman–Crippen LogP) is 1.15. The van der Waals surface area contributed by atoms with E-state index in [0.717, 1.165) is 12.8 Å². The van der Waals surface area contributed by atoms with E-state index in [0.29, 0.717) is 6.54 Å². The van der Waals surface area contributed by atoms with E-state index in [4.69, 9.17) is 4.74 Å². The lowest BCUT2D eigenvalue weighted by Gasteiger charge is -2.30. The maximum Gasteiger partial charge on any atom is 0.342 e. The van der Waals surface area contributed by atoms with Crippen LogP contribution < -0.4 is 0 Å². The molecule has 1 fully saturated rings. The fraction of sp³-hybridized carbons (Fsp3) is 0.667. The van der Waals surface area contributed by atoms with Crippen LogP contribution in [0.3, 0.4) is 0 Å². The minimum atomic E-state index is -3.78. The Morgan fingerprint density at radius 1 is 1.55 bits per heavy atom. The van der Waals surface area contributed by atoms with Gasteiger partial charge in [-0.1, -0.05) is 0 Å². The van der Waals surface area contributed by atoms with Crippen LogP contribution in [-0.4, -0.2) is 47.6 Å². The Balaban J connectivity index is 2.41. The van der Waals surface area contributed by atoms with Gasteiger partial charge in [0.2, 0.25) is 0 Å². The second-order valence-electron chi connectivity index (χ2n) is 5.33. The molecule has 1 N–H and O–H groups in total. The number of carbonyl (C=O) groups excluding carboxylic acids is 1. The second-order valence-corrected chi connectivity index (χ2v) is 7.13. The molecular formula is C12H19N3O4S. The number of aromatic nitrogens is 2. The van der Waals surface area contributed by atoms with E-state index in [-0.39, 0.29) is 17.2 Å². The van der Waals surface area contributed by atoms with Crippen LogP contribution in [0.5, 0.6) is 0 Å². The Morgan fingerprint density at radius 2 is 2.25 bits per heavy atom. The van der Waals surface area contributed by atoms with Gasteiger partial charge in [-0.15, -0.1) is 0 Å². The molecule has 20 heavy (non-hydrogen) atoms. The number of aromatic amines is 1. The van der Waals surface area contributed by atoms with Crippen LogP contribution in [0.15, 0.2) is 11.2 Å². The zero-order valence-corrected chi connectivity index (χ0v) is 12.7. The third-order valence-electron chi connectivity index (χ3n) is 3.47. The topological polar surface area (TPSA) is 92.4 Å². The molecule has 1 aliphatic heterocycles. The zero-order chi connectivity index (χ0) is 15.0. The number of esters is 1. The standard InChI is InChI=1S/C12H19N3O4S/c1-4-19-11(16)9-8-13-14-10(9)20(17,18)15-7-5-6-12(15,2)3/h8H,4-7H2,1-3H3,(H,13,14). The lowest BCUT2D eigenvalue weighted by atomic mass is 10.0. The molecule has 0 aliphatic carbocycles. The highest BCUT2D eigenvalue weighted by Crippen LogP contribution is 2.34. The molecule has 0 atom stereocenters. The number of carbonyl (C=O) groups is 1. The normalized spacial score (nSPS) is 19.1. The first-order chi connectivity index (χ1) is 9.30. The predicted molar refractivity (Wildman–Crippen MR) is 71.7 cm³/mol. The van der Waals surface area contributed by atoms with Crippen molar-refractivity contribution >= 4 is 16.0 Å². The molecule has 0 unspecified atom stereocenters. The van der Waals surface area contributed by atoms with E-state index >= 15 is 0 Å². The molecule has 0 radical (unpaired) electrons. The quantitative estimate of drug-likeness (QED) is 0.842. The number of sulfonamides is 1. The smallest absolute Gasteiger partial charge is 0.342 e. The summed E-state index contributed by atoms with van der Waals surface area (Å²) in [6.45, 7) is 6.03. The van der Waals surface area contributed by atoms with E-state index in [1.807, 2.05) is 13.8 Å². The Morgan fingerprint density at radius 3 is 2.80 bits per heavy atom. The van der Waals surface area contributed by atoms with Crippen molar-refractivity contribution < 1.29 is 17.9 Å².